The highest BCUT2D eigenvalue weighted by atomic mass is 35.5. The summed E-state index contributed by atoms with van der Waals surface area (Å²) in [6.07, 6.45) is -3.76. The van der Waals surface area contributed by atoms with Crippen LogP contribution in [0.3, 0.4) is 0 Å². The molecule has 0 saturated carbocycles. The number of rotatable bonds is 9. The Morgan fingerprint density at radius 1 is 1.21 bits per heavy atom. The molecule has 0 spiro atoms. The van der Waals surface area contributed by atoms with E-state index in [0.29, 0.717) is 29.6 Å². The maximum atomic E-state index is 12.3. The Morgan fingerprint density at radius 3 is 2.59 bits per heavy atom. The van der Waals surface area contributed by atoms with Crippen LogP contribution < -0.4 is 4.74 Å². The van der Waals surface area contributed by atoms with Crippen molar-refractivity contribution in [3.05, 3.63) is 52.5 Å². The van der Waals surface area contributed by atoms with E-state index in [1.165, 1.54) is 11.5 Å². The van der Waals surface area contributed by atoms with Crippen LogP contribution in [-0.4, -0.2) is 58.1 Å². The van der Waals surface area contributed by atoms with Gasteiger partial charge in [-0.3, -0.25) is 4.79 Å². The Labute approximate surface area is 233 Å². The molecule has 1 saturated heterocycles. The van der Waals surface area contributed by atoms with Crippen LogP contribution in [0.5, 0.6) is 5.75 Å². The van der Waals surface area contributed by atoms with E-state index >= 15 is 0 Å². The minimum Gasteiger partial charge on any atom is -0.489 e. The van der Waals surface area contributed by atoms with Crippen LogP contribution in [0.1, 0.15) is 31.9 Å². The van der Waals surface area contributed by atoms with Crippen LogP contribution in [0.2, 0.25) is 5.02 Å². The molecule has 0 radical (unpaired) electrons. The van der Waals surface area contributed by atoms with Gasteiger partial charge < -0.3 is 14.4 Å². The molecule has 1 aromatic heterocycles. The van der Waals surface area contributed by atoms with Gasteiger partial charge in [0.05, 0.1) is 17.0 Å². The Bertz CT molecular complexity index is 1360. The first-order valence-electron chi connectivity index (χ1n) is 12.4. The second kappa shape index (κ2) is 12.0. The molecule has 1 aliphatic heterocycles. The fourth-order valence-electron chi connectivity index (χ4n) is 4.34. The van der Waals surface area contributed by atoms with Gasteiger partial charge in [0.15, 0.2) is 5.82 Å². The quantitative estimate of drug-likeness (QED) is 0.227. The highest BCUT2D eigenvalue weighted by Gasteiger charge is 2.44. The number of aromatic nitrogens is 2. The molecule has 4 rings (SSSR count). The molecular formula is C27H27ClF3N3O4S. The summed E-state index contributed by atoms with van der Waals surface area (Å²) in [5, 5.41) is 1.24. The third-order valence-corrected chi connectivity index (χ3v) is 7.31. The maximum Gasteiger partial charge on any atom is 0.491 e. The van der Waals surface area contributed by atoms with Crippen molar-refractivity contribution in [1.82, 2.24) is 14.3 Å². The lowest BCUT2D eigenvalue weighted by Crippen LogP contribution is -2.52. The molecular weight excluding hydrogens is 555 g/mol. The number of alkyl halides is 3. The number of esters is 2. The normalized spacial score (nSPS) is 14.4. The van der Waals surface area contributed by atoms with E-state index in [1.807, 2.05) is 55.1 Å². The maximum absolute atomic E-state index is 12.3. The fourth-order valence-corrected chi connectivity index (χ4v) is 5.24. The van der Waals surface area contributed by atoms with Gasteiger partial charge >= 0.3 is 18.1 Å². The Morgan fingerprint density at radius 2 is 1.95 bits per heavy atom. The molecule has 0 N–H and O–H groups in total. The van der Waals surface area contributed by atoms with Gasteiger partial charge in [-0.2, -0.15) is 17.5 Å². The fraction of sp³-hybridized carbons (Fsp3) is 0.407. The molecule has 208 valence electrons. The predicted octanol–water partition coefficient (Wildman–Crippen LogP) is 5.98. The molecule has 12 heteroatoms. The van der Waals surface area contributed by atoms with Gasteiger partial charge in [-0.25, -0.2) is 9.78 Å². The molecule has 0 amide bonds. The first-order chi connectivity index (χ1) is 18.5. The SMILES string of the molecule is CCc1c(CCN2CC(C(=O)OC(=O)C(F)(F)F)C2)cccc1-c1nsc(-c2ccc(OC(C)C)c(Cl)c2)n1. The standard InChI is InChI=1S/C27H27ClF3N3O4S/c1-4-19-16(10-11-34-13-18(14-34)25(35)38-26(36)27(29,30)31)6-5-7-20(19)23-32-24(39-33-23)17-8-9-22(21(28)12-17)37-15(2)3/h5-9,12,15,18H,4,10-11,13-14H2,1-3H3. The van der Waals surface area contributed by atoms with Crippen molar-refractivity contribution in [2.24, 2.45) is 5.92 Å². The average Bonchev–Trinajstić information content (AvgIpc) is 3.33. The third-order valence-electron chi connectivity index (χ3n) is 6.25. The van der Waals surface area contributed by atoms with Crippen molar-refractivity contribution < 1.29 is 32.2 Å². The molecule has 0 atom stereocenters. The minimum absolute atomic E-state index is 0.00851. The predicted molar refractivity (Wildman–Crippen MR) is 142 cm³/mol. The first kappa shape index (κ1) is 29.0. The van der Waals surface area contributed by atoms with Gasteiger partial charge in [0, 0.05) is 30.8 Å². The second-order valence-corrected chi connectivity index (χ2v) is 10.6. The van der Waals surface area contributed by atoms with Crippen LogP contribution in [0.4, 0.5) is 13.2 Å². The number of halogens is 4. The monoisotopic (exact) mass is 581 g/mol. The summed E-state index contributed by atoms with van der Waals surface area (Å²) in [6.45, 7) is 7.01. The number of hydrogen-bond acceptors (Lipinski definition) is 8. The number of ether oxygens (including phenoxy) is 2. The number of likely N-dealkylation sites (tertiary alicyclic amines) is 1. The summed E-state index contributed by atoms with van der Waals surface area (Å²) in [6, 6.07) is 11.5. The molecule has 39 heavy (non-hydrogen) atoms. The van der Waals surface area contributed by atoms with E-state index in [1.54, 1.807) is 0 Å². The van der Waals surface area contributed by atoms with Gasteiger partial charge in [-0.15, -0.1) is 0 Å². The van der Waals surface area contributed by atoms with Crippen molar-refractivity contribution in [3.63, 3.8) is 0 Å². The third kappa shape index (κ3) is 6.95. The number of hydrogen-bond donors (Lipinski definition) is 0. The Kier molecular flexibility index (Phi) is 8.93. The van der Waals surface area contributed by atoms with Gasteiger partial charge in [-0.05, 0) is 67.5 Å². The van der Waals surface area contributed by atoms with Crippen molar-refractivity contribution in [2.45, 2.75) is 45.9 Å². The smallest absolute Gasteiger partial charge is 0.489 e. The van der Waals surface area contributed by atoms with Crippen molar-refractivity contribution in [2.75, 3.05) is 19.6 Å². The van der Waals surface area contributed by atoms with E-state index in [4.69, 9.17) is 21.3 Å². The summed E-state index contributed by atoms with van der Waals surface area (Å²) in [7, 11) is 0. The number of benzene rings is 2. The first-order valence-corrected chi connectivity index (χ1v) is 13.6. The number of carbonyl (C=O) groups is 2. The lowest BCUT2D eigenvalue weighted by molar-refractivity contribution is -0.204. The second-order valence-electron chi connectivity index (χ2n) is 9.44. The van der Waals surface area contributed by atoms with Crippen molar-refractivity contribution in [3.8, 4) is 27.7 Å². The number of nitrogens with zero attached hydrogens (tertiary/aromatic N) is 3. The van der Waals surface area contributed by atoms with Crippen molar-refractivity contribution >= 4 is 35.1 Å². The van der Waals surface area contributed by atoms with E-state index in [9.17, 15) is 22.8 Å². The topological polar surface area (TPSA) is 81.6 Å². The molecule has 0 aliphatic carbocycles. The Hall–Kier alpha value is -3.02. The molecule has 3 aromatic rings. The highest BCUT2D eigenvalue weighted by Crippen LogP contribution is 2.34. The van der Waals surface area contributed by atoms with Gasteiger partial charge in [0.2, 0.25) is 0 Å². The molecule has 2 aromatic carbocycles. The zero-order valence-corrected chi connectivity index (χ0v) is 23.1. The molecule has 1 fully saturated rings. The zero-order valence-electron chi connectivity index (χ0n) is 21.5. The zero-order chi connectivity index (χ0) is 28.3. The highest BCUT2D eigenvalue weighted by molar-refractivity contribution is 7.09. The summed E-state index contributed by atoms with van der Waals surface area (Å²) in [5.74, 6) is -3.13. The van der Waals surface area contributed by atoms with E-state index in [2.05, 4.69) is 16.0 Å². The molecule has 2 heterocycles. The average molecular weight is 582 g/mol. The molecule has 7 nitrogen and oxygen atoms in total. The minimum atomic E-state index is -5.19. The van der Waals surface area contributed by atoms with Crippen LogP contribution in [0, 0.1) is 5.92 Å². The Balaban J connectivity index is 1.40. The van der Waals surface area contributed by atoms with E-state index in [0.717, 1.165) is 33.7 Å². The lowest BCUT2D eigenvalue weighted by atomic mass is 9.94. The van der Waals surface area contributed by atoms with Crippen LogP contribution in [0.25, 0.3) is 22.0 Å². The summed E-state index contributed by atoms with van der Waals surface area (Å²) in [4.78, 5) is 29.4. The molecule has 1 aliphatic rings. The number of carbonyl (C=O) groups excluding carboxylic acids is 2. The summed E-state index contributed by atoms with van der Waals surface area (Å²) >= 11 is 7.68. The van der Waals surface area contributed by atoms with Crippen molar-refractivity contribution in [1.29, 1.82) is 0 Å². The van der Waals surface area contributed by atoms with E-state index in [-0.39, 0.29) is 19.2 Å². The van der Waals surface area contributed by atoms with Gasteiger partial charge in [0.1, 0.15) is 10.8 Å². The summed E-state index contributed by atoms with van der Waals surface area (Å²) < 4.78 is 51.2. The van der Waals surface area contributed by atoms with Crippen LogP contribution in [0.15, 0.2) is 36.4 Å². The van der Waals surface area contributed by atoms with E-state index < -0.39 is 24.0 Å². The van der Waals surface area contributed by atoms with Crippen LogP contribution in [-0.2, 0) is 27.2 Å². The van der Waals surface area contributed by atoms with Gasteiger partial charge in [0.25, 0.3) is 0 Å². The lowest BCUT2D eigenvalue weighted by Gasteiger charge is -2.37. The molecule has 0 unspecified atom stereocenters. The van der Waals surface area contributed by atoms with Gasteiger partial charge in [-0.1, -0.05) is 36.7 Å². The summed E-state index contributed by atoms with van der Waals surface area (Å²) in [5.41, 5.74) is 3.98. The molecule has 0 bridgehead atoms. The van der Waals surface area contributed by atoms with Crippen LogP contribution >= 0.6 is 23.1 Å². The largest absolute Gasteiger partial charge is 0.491 e.